The molecule has 4 nitrogen and oxygen atoms in total. The molecular weight excluding hydrogens is 399 g/mol. The largest absolute Gasteiger partial charge is 0.416 e. The Labute approximate surface area is 150 Å². The maximum atomic E-state index is 12.7. The first-order chi connectivity index (χ1) is 11.8. The number of carbonyl (C=O) groups is 1. The second-order valence-corrected chi connectivity index (χ2v) is 5.77. The molecule has 0 saturated heterocycles. The molecule has 0 aliphatic carbocycles. The summed E-state index contributed by atoms with van der Waals surface area (Å²) in [7, 11) is 0. The number of anilines is 2. The number of nitriles is 1. The van der Waals surface area contributed by atoms with Gasteiger partial charge in [-0.2, -0.15) is 18.4 Å². The predicted molar refractivity (Wildman–Crippen MR) is 91.5 cm³/mol. The molecule has 0 saturated carbocycles. The van der Waals surface area contributed by atoms with Crippen molar-refractivity contribution in [1.82, 2.24) is 0 Å². The van der Waals surface area contributed by atoms with E-state index in [-0.39, 0.29) is 11.3 Å². The highest BCUT2D eigenvalue weighted by atomic mass is 79.9. The van der Waals surface area contributed by atoms with Crippen molar-refractivity contribution in [3.63, 3.8) is 0 Å². The molecule has 0 aliphatic rings. The molecule has 0 fully saturated rings. The Kier molecular flexibility index (Phi) is 5.83. The summed E-state index contributed by atoms with van der Waals surface area (Å²) < 4.78 is 38.9. The van der Waals surface area contributed by atoms with Crippen molar-refractivity contribution in [3.05, 3.63) is 70.3 Å². The fourth-order valence-corrected chi connectivity index (χ4v) is 2.09. The molecule has 1 amide bonds. The van der Waals surface area contributed by atoms with Gasteiger partial charge < -0.3 is 10.6 Å². The summed E-state index contributed by atoms with van der Waals surface area (Å²) in [4.78, 5) is 12.0. The minimum Gasteiger partial charge on any atom is -0.360 e. The van der Waals surface area contributed by atoms with Gasteiger partial charge in [0.1, 0.15) is 11.6 Å². The van der Waals surface area contributed by atoms with Gasteiger partial charge in [-0.05, 0) is 42.5 Å². The van der Waals surface area contributed by atoms with Crippen LogP contribution >= 0.6 is 15.9 Å². The highest BCUT2D eigenvalue weighted by Crippen LogP contribution is 2.30. The minimum absolute atomic E-state index is 0.0513. The van der Waals surface area contributed by atoms with Crippen LogP contribution in [0.25, 0.3) is 0 Å². The third-order valence-electron chi connectivity index (χ3n) is 3.04. The van der Waals surface area contributed by atoms with E-state index in [0.29, 0.717) is 5.69 Å². The van der Waals surface area contributed by atoms with E-state index in [1.165, 1.54) is 18.3 Å². The van der Waals surface area contributed by atoms with E-state index in [9.17, 15) is 18.0 Å². The highest BCUT2D eigenvalue weighted by Gasteiger charge is 2.30. The van der Waals surface area contributed by atoms with Crippen molar-refractivity contribution in [2.45, 2.75) is 6.18 Å². The van der Waals surface area contributed by atoms with Gasteiger partial charge in [0.25, 0.3) is 5.91 Å². The number of carbonyl (C=O) groups excluding carboxylic acids is 1. The molecule has 0 bridgehead atoms. The van der Waals surface area contributed by atoms with Crippen LogP contribution in [0.5, 0.6) is 0 Å². The monoisotopic (exact) mass is 409 g/mol. The van der Waals surface area contributed by atoms with E-state index < -0.39 is 17.6 Å². The standard InChI is InChI=1S/C17H11BrF3N3O/c18-13-4-6-14(7-5-13)23-10-11(9-22)16(25)24-15-3-1-2-12(8-15)17(19,20)21/h1-8,10,23H,(H,24,25)/b11-10-. The van der Waals surface area contributed by atoms with Gasteiger partial charge in [0.15, 0.2) is 0 Å². The summed E-state index contributed by atoms with van der Waals surface area (Å²) in [5, 5.41) is 14.1. The maximum Gasteiger partial charge on any atom is 0.416 e. The van der Waals surface area contributed by atoms with Crippen molar-refractivity contribution < 1.29 is 18.0 Å². The molecule has 128 valence electrons. The Morgan fingerprint density at radius 2 is 1.80 bits per heavy atom. The zero-order valence-electron chi connectivity index (χ0n) is 12.6. The fourth-order valence-electron chi connectivity index (χ4n) is 1.82. The Balaban J connectivity index is 2.11. The van der Waals surface area contributed by atoms with Gasteiger partial charge >= 0.3 is 6.18 Å². The number of alkyl halides is 3. The molecule has 0 heterocycles. The first-order valence-electron chi connectivity index (χ1n) is 6.90. The van der Waals surface area contributed by atoms with Gasteiger partial charge in [-0.15, -0.1) is 0 Å². The molecule has 0 spiro atoms. The SMILES string of the molecule is N#C/C(=C/Nc1ccc(Br)cc1)C(=O)Nc1cccc(C(F)(F)F)c1. The second-order valence-electron chi connectivity index (χ2n) is 4.85. The van der Waals surface area contributed by atoms with Crippen LogP contribution in [-0.2, 0) is 11.0 Å². The smallest absolute Gasteiger partial charge is 0.360 e. The van der Waals surface area contributed by atoms with Crippen molar-refractivity contribution in [1.29, 1.82) is 5.26 Å². The van der Waals surface area contributed by atoms with E-state index in [1.807, 2.05) is 0 Å². The van der Waals surface area contributed by atoms with Gasteiger partial charge in [0, 0.05) is 22.0 Å². The fraction of sp³-hybridized carbons (Fsp3) is 0.0588. The quantitative estimate of drug-likeness (QED) is 0.555. The van der Waals surface area contributed by atoms with Crippen molar-refractivity contribution in [2.75, 3.05) is 10.6 Å². The molecule has 2 rings (SSSR count). The number of nitrogens with one attached hydrogen (secondary N) is 2. The highest BCUT2D eigenvalue weighted by molar-refractivity contribution is 9.10. The Hall–Kier alpha value is -2.79. The Morgan fingerprint density at radius 3 is 2.40 bits per heavy atom. The molecule has 8 heteroatoms. The normalized spacial score (nSPS) is 11.6. The van der Waals surface area contributed by atoms with Crippen molar-refractivity contribution in [3.8, 4) is 6.07 Å². The van der Waals surface area contributed by atoms with Crippen LogP contribution in [-0.4, -0.2) is 5.91 Å². The predicted octanol–water partition coefficient (Wildman–Crippen LogP) is 4.93. The van der Waals surface area contributed by atoms with Crippen molar-refractivity contribution >= 4 is 33.2 Å². The summed E-state index contributed by atoms with van der Waals surface area (Å²) in [5.74, 6) is -0.813. The minimum atomic E-state index is -4.52. The molecule has 2 N–H and O–H groups in total. The van der Waals surface area contributed by atoms with Crippen LogP contribution in [0.4, 0.5) is 24.5 Å². The van der Waals surface area contributed by atoms with Crippen LogP contribution in [0.3, 0.4) is 0 Å². The maximum absolute atomic E-state index is 12.7. The number of hydrogen-bond donors (Lipinski definition) is 2. The first kappa shape index (κ1) is 18.5. The molecule has 0 aliphatic heterocycles. The Bertz CT molecular complexity index is 839. The van der Waals surface area contributed by atoms with Gasteiger partial charge in [0.2, 0.25) is 0 Å². The average molecular weight is 410 g/mol. The molecule has 0 unspecified atom stereocenters. The first-order valence-corrected chi connectivity index (χ1v) is 7.70. The third-order valence-corrected chi connectivity index (χ3v) is 3.57. The van der Waals surface area contributed by atoms with Gasteiger partial charge in [0.05, 0.1) is 5.56 Å². The summed E-state index contributed by atoms with van der Waals surface area (Å²) in [6.07, 6.45) is -3.33. The van der Waals surface area contributed by atoms with E-state index in [2.05, 4.69) is 26.6 Å². The molecule has 0 atom stereocenters. The van der Waals surface area contributed by atoms with E-state index in [1.54, 1.807) is 30.3 Å². The molecule has 0 aromatic heterocycles. The van der Waals surface area contributed by atoms with Crippen LogP contribution in [0.2, 0.25) is 0 Å². The lowest BCUT2D eigenvalue weighted by atomic mass is 10.2. The zero-order chi connectivity index (χ0) is 18.4. The van der Waals surface area contributed by atoms with Crippen molar-refractivity contribution in [2.24, 2.45) is 0 Å². The number of rotatable bonds is 4. The number of halogens is 4. The van der Waals surface area contributed by atoms with Gasteiger partial charge in [-0.3, -0.25) is 4.79 Å². The molecular formula is C17H11BrF3N3O. The number of amides is 1. The lowest BCUT2D eigenvalue weighted by Gasteiger charge is -2.09. The topological polar surface area (TPSA) is 64.9 Å². The van der Waals surface area contributed by atoms with Crippen LogP contribution < -0.4 is 10.6 Å². The number of hydrogen-bond acceptors (Lipinski definition) is 3. The Morgan fingerprint density at radius 1 is 1.12 bits per heavy atom. The van der Waals surface area contributed by atoms with Crippen LogP contribution in [0.1, 0.15) is 5.56 Å². The van der Waals surface area contributed by atoms with Gasteiger partial charge in [-0.25, -0.2) is 0 Å². The number of nitrogens with zero attached hydrogens (tertiary/aromatic N) is 1. The summed E-state index contributed by atoms with van der Waals surface area (Å²) in [5.41, 5.74) is -0.575. The molecule has 25 heavy (non-hydrogen) atoms. The summed E-state index contributed by atoms with van der Waals surface area (Å²) in [6.45, 7) is 0. The van der Waals surface area contributed by atoms with E-state index in [0.717, 1.165) is 16.6 Å². The molecule has 2 aromatic carbocycles. The molecule has 2 aromatic rings. The lowest BCUT2D eigenvalue weighted by molar-refractivity contribution is -0.137. The average Bonchev–Trinajstić information content (AvgIpc) is 2.56. The molecule has 0 radical (unpaired) electrons. The van der Waals surface area contributed by atoms with Crippen LogP contribution in [0.15, 0.2) is 64.8 Å². The summed E-state index contributed by atoms with van der Waals surface area (Å²) in [6, 6.07) is 12.9. The summed E-state index contributed by atoms with van der Waals surface area (Å²) >= 11 is 3.28. The third kappa shape index (κ3) is 5.36. The zero-order valence-corrected chi connectivity index (χ0v) is 14.1. The van der Waals surface area contributed by atoms with Crippen LogP contribution in [0, 0.1) is 11.3 Å². The number of benzene rings is 2. The lowest BCUT2D eigenvalue weighted by Crippen LogP contribution is -2.15. The van der Waals surface area contributed by atoms with Gasteiger partial charge in [-0.1, -0.05) is 22.0 Å². The van der Waals surface area contributed by atoms with E-state index >= 15 is 0 Å². The van der Waals surface area contributed by atoms with E-state index in [4.69, 9.17) is 5.26 Å². The second kappa shape index (κ2) is 7.85.